The molecule has 1 saturated heterocycles. The maximum absolute atomic E-state index is 13.2. The topological polar surface area (TPSA) is 70.5 Å². The lowest BCUT2D eigenvalue weighted by molar-refractivity contribution is -0.227. The Morgan fingerprint density at radius 2 is 1.92 bits per heavy atom. The molecule has 0 spiro atoms. The number of hydrogen-bond acceptors (Lipinski definition) is 3. The lowest BCUT2D eigenvalue weighted by atomic mass is 9.86. The van der Waals surface area contributed by atoms with Gasteiger partial charge in [-0.25, -0.2) is 0 Å². The highest BCUT2D eigenvalue weighted by molar-refractivity contribution is 6.05. The minimum absolute atomic E-state index is 0.0245. The number of likely N-dealkylation sites (tertiary alicyclic amines) is 1. The van der Waals surface area contributed by atoms with Crippen LogP contribution in [0.5, 0.6) is 0 Å². The Hall–Kier alpha value is -2.64. The molecule has 0 bridgehead atoms. The molecular weight excluding hydrogens is 325 g/mol. The molecule has 24 heavy (non-hydrogen) atoms. The number of pyridine rings is 1. The first kappa shape index (κ1) is 16.2. The summed E-state index contributed by atoms with van der Waals surface area (Å²) in [6.07, 6.45) is -4.19. The van der Waals surface area contributed by atoms with Gasteiger partial charge in [-0.2, -0.15) is 13.2 Å². The molecule has 8 heteroatoms. The quantitative estimate of drug-likeness (QED) is 0.914. The number of carbonyl (C=O) groups is 2. The van der Waals surface area contributed by atoms with Gasteiger partial charge in [0.2, 0.25) is 0 Å². The Labute approximate surface area is 134 Å². The number of hydrogen-bond donors (Lipinski definition) is 1. The first-order valence-corrected chi connectivity index (χ1v) is 7.19. The predicted octanol–water partition coefficient (Wildman–Crippen LogP) is 2.71. The first-order valence-electron chi connectivity index (χ1n) is 7.19. The summed E-state index contributed by atoms with van der Waals surface area (Å²) in [6, 6.07) is 8.57. The largest absolute Gasteiger partial charge is 0.481 e. The fraction of sp³-hybridized carbons (Fsp3) is 0.312. The summed E-state index contributed by atoms with van der Waals surface area (Å²) >= 11 is 0. The molecule has 126 valence electrons. The number of halogens is 3. The van der Waals surface area contributed by atoms with Gasteiger partial charge >= 0.3 is 12.1 Å². The number of rotatable bonds is 2. The molecule has 0 aliphatic carbocycles. The van der Waals surface area contributed by atoms with Crippen molar-refractivity contribution >= 4 is 22.6 Å². The number of amides is 1. The first-order chi connectivity index (χ1) is 11.3. The van der Waals surface area contributed by atoms with Crippen LogP contribution in [0, 0.1) is 5.41 Å². The Morgan fingerprint density at radius 3 is 2.54 bits per heavy atom. The highest BCUT2D eigenvalue weighted by Gasteiger charge is 2.64. The van der Waals surface area contributed by atoms with Gasteiger partial charge in [-0.15, -0.1) is 0 Å². The van der Waals surface area contributed by atoms with Gasteiger partial charge in [-0.3, -0.25) is 14.6 Å². The van der Waals surface area contributed by atoms with Gasteiger partial charge in [-0.05, 0) is 17.9 Å². The average molecular weight is 338 g/mol. The zero-order chi connectivity index (χ0) is 17.5. The maximum Gasteiger partial charge on any atom is 0.406 e. The standard InChI is InChI=1S/C16H13F3N2O3/c17-16(18,19)15(14(23)24)6-8-21(9-15)13(22)12-11-4-2-1-3-10(11)5-7-20-12/h1-5,7H,6,8-9H2,(H,23,24). The van der Waals surface area contributed by atoms with Crippen LogP contribution in [-0.2, 0) is 4.79 Å². The van der Waals surface area contributed by atoms with E-state index in [0.717, 1.165) is 10.3 Å². The molecule has 1 N–H and O–H groups in total. The van der Waals surface area contributed by atoms with E-state index in [1.54, 1.807) is 30.3 Å². The highest BCUT2D eigenvalue weighted by Crippen LogP contribution is 2.46. The van der Waals surface area contributed by atoms with Crippen molar-refractivity contribution in [3.8, 4) is 0 Å². The van der Waals surface area contributed by atoms with Crippen LogP contribution in [-0.4, -0.2) is 46.1 Å². The van der Waals surface area contributed by atoms with Gasteiger partial charge in [0.15, 0.2) is 5.41 Å². The number of benzene rings is 1. The van der Waals surface area contributed by atoms with Crippen molar-refractivity contribution < 1.29 is 27.9 Å². The SMILES string of the molecule is O=C(c1nccc2ccccc12)N1CCC(C(=O)O)(C(F)(F)F)C1. The predicted molar refractivity (Wildman–Crippen MR) is 78.4 cm³/mol. The van der Waals surface area contributed by atoms with E-state index >= 15 is 0 Å². The number of aromatic nitrogens is 1. The Morgan fingerprint density at radius 1 is 1.21 bits per heavy atom. The number of aliphatic carboxylic acids is 1. The molecule has 1 aliphatic rings. The second-order valence-corrected chi connectivity index (χ2v) is 5.74. The second-order valence-electron chi connectivity index (χ2n) is 5.74. The summed E-state index contributed by atoms with van der Waals surface area (Å²) in [5.74, 6) is -2.66. The van der Waals surface area contributed by atoms with E-state index in [1.165, 1.54) is 6.20 Å². The maximum atomic E-state index is 13.2. The van der Waals surface area contributed by atoms with Crippen LogP contribution in [0.1, 0.15) is 16.9 Å². The van der Waals surface area contributed by atoms with E-state index in [-0.39, 0.29) is 12.2 Å². The Balaban J connectivity index is 1.96. The van der Waals surface area contributed by atoms with E-state index in [2.05, 4.69) is 4.98 Å². The molecule has 1 unspecified atom stereocenters. The molecule has 2 heterocycles. The fourth-order valence-electron chi connectivity index (χ4n) is 2.95. The van der Waals surface area contributed by atoms with Crippen LogP contribution >= 0.6 is 0 Å². The summed E-state index contributed by atoms with van der Waals surface area (Å²) in [5, 5.41) is 10.3. The molecular formula is C16H13F3N2O3. The van der Waals surface area contributed by atoms with Gasteiger partial charge in [0.05, 0.1) is 0 Å². The van der Waals surface area contributed by atoms with Crippen molar-refractivity contribution in [1.82, 2.24) is 9.88 Å². The number of fused-ring (bicyclic) bond motifs is 1. The third kappa shape index (κ3) is 2.38. The van der Waals surface area contributed by atoms with Crippen LogP contribution < -0.4 is 0 Å². The molecule has 5 nitrogen and oxygen atoms in total. The molecule has 1 aromatic carbocycles. The summed E-state index contributed by atoms with van der Waals surface area (Å²) in [5.41, 5.74) is -2.90. The summed E-state index contributed by atoms with van der Waals surface area (Å²) in [4.78, 5) is 28.7. The Bertz CT molecular complexity index is 816. The van der Waals surface area contributed by atoms with E-state index in [0.29, 0.717) is 5.39 Å². The van der Waals surface area contributed by atoms with E-state index < -0.39 is 36.4 Å². The number of carboxylic acids is 1. The number of carbonyl (C=O) groups excluding carboxylic acids is 1. The molecule has 1 fully saturated rings. The van der Waals surface area contributed by atoms with Crippen molar-refractivity contribution in [1.29, 1.82) is 0 Å². The van der Waals surface area contributed by atoms with Crippen molar-refractivity contribution in [2.45, 2.75) is 12.6 Å². The number of carboxylic acid groups (broad SMARTS) is 1. The van der Waals surface area contributed by atoms with Gasteiger partial charge < -0.3 is 10.0 Å². The van der Waals surface area contributed by atoms with Crippen LogP contribution in [0.15, 0.2) is 36.5 Å². The normalized spacial score (nSPS) is 21.2. The zero-order valence-electron chi connectivity index (χ0n) is 12.4. The smallest absolute Gasteiger partial charge is 0.406 e. The van der Waals surface area contributed by atoms with Gasteiger partial charge in [0.25, 0.3) is 5.91 Å². The van der Waals surface area contributed by atoms with Crippen LogP contribution in [0.25, 0.3) is 10.8 Å². The minimum Gasteiger partial charge on any atom is -0.481 e. The molecule has 0 saturated carbocycles. The second kappa shape index (κ2) is 5.47. The molecule has 0 radical (unpaired) electrons. The van der Waals surface area contributed by atoms with Crippen molar-refractivity contribution in [3.05, 3.63) is 42.2 Å². The fourth-order valence-corrected chi connectivity index (χ4v) is 2.95. The van der Waals surface area contributed by atoms with Gasteiger partial charge in [0.1, 0.15) is 5.69 Å². The number of nitrogens with zero attached hydrogens (tertiary/aromatic N) is 2. The summed E-state index contributed by atoms with van der Waals surface area (Å²) in [7, 11) is 0. The zero-order valence-corrected chi connectivity index (χ0v) is 12.4. The van der Waals surface area contributed by atoms with Crippen molar-refractivity contribution in [2.24, 2.45) is 5.41 Å². The van der Waals surface area contributed by atoms with Crippen LogP contribution in [0.4, 0.5) is 13.2 Å². The molecule has 1 aliphatic heterocycles. The summed E-state index contributed by atoms with van der Waals surface area (Å²) in [6.45, 7) is -1.19. The van der Waals surface area contributed by atoms with Crippen LogP contribution in [0.3, 0.4) is 0 Å². The monoisotopic (exact) mass is 338 g/mol. The molecule has 1 amide bonds. The van der Waals surface area contributed by atoms with Gasteiger partial charge in [-0.1, -0.05) is 24.3 Å². The van der Waals surface area contributed by atoms with Crippen molar-refractivity contribution in [3.63, 3.8) is 0 Å². The number of alkyl halides is 3. The average Bonchev–Trinajstić information content (AvgIpc) is 3.00. The van der Waals surface area contributed by atoms with Gasteiger partial charge in [0, 0.05) is 24.7 Å². The molecule has 2 aromatic rings. The third-order valence-electron chi connectivity index (χ3n) is 4.38. The van der Waals surface area contributed by atoms with Crippen LogP contribution in [0.2, 0.25) is 0 Å². The van der Waals surface area contributed by atoms with Crippen molar-refractivity contribution in [2.75, 3.05) is 13.1 Å². The van der Waals surface area contributed by atoms with E-state index in [4.69, 9.17) is 5.11 Å². The van der Waals surface area contributed by atoms with E-state index in [9.17, 15) is 22.8 Å². The third-order valence-corrected chi connectivity index (χ3v) is 4.38. The highest BCUT2D eigenvalue weighted by atomic mass is 19.4. The summed E-state index contributed by atoms with van der Waals surface area (Å²) < 4.78 is 39.7. The molecule has 1 atom stereocenters. The lowest BCUT2D eigenvalue weighted by Crippen LogP contribution is -2.47. The lowest BCUT2D eigenvalue weighted by Gasteiger charge is -2.27. The molecule has 1 aromatic heterocycles. The Kier molecular flexibility index (Phi) is 3.70. The van der Waals surface area contributed by atoms with E-state index in [1.807, 2.05) is 0 Å². The molecule has 3 rings (SSSR count). The minimum atomic E-state index is -4.93.